The number of hydrogen-bond donors (Lipinski definition) is 1. The number of nitrogens with zero attached hydrogens (tertiary/aromatic N) is 3. The topological polar surface area (TPSA) is 75.5 Å². The SMILES string of the molecule is CC(C)Oc1cncc(N(C)CCCC(=O)O)n1. The lowest BCUT2D eigenvalue weighted by Gasteiger charge is -2.18. The maximum absolute atomic E-state index is 10.4. The summed E-state index contributed by atoms with van der Waals surface area (Å²) in [5, 5.41) is 8.57. The molecule has 0 atom stereocenters. The third-order valence-electron chi connectivity index (χ3n) is 2.23. The van der Waals surface area contributed by atoms with Crippen molar-refractivity contribution in [2.45, 2.75) is 32.8 Å². The van der Waals surface area contributed by atoms with Crippen LogP contribution in [0.4, 0.5) is 5.82 Å². The summed E-state index contributed by atoms with van der Waals surface area (Å²) in [6, 6.07) is 0. The summed E-state index contributed by atoms with van der Waals surface area (Å²) in [6.45, 7) is 4.46. The summed E-state index contributed by atoms with van der Waals surface area (Å²) >= 11 is 0. The van der Waals surface area contributed by atoms with Crippen LogP contribution in [-0.2, 0) is 4.79 Å². The van der Waals surface area contributed by atoms with E-state index in [9.17, 15) is 4.79 Å². The van der Waals surface area contributed by atoms with E-state index in [4.69, 9.17) is 9.84 Å². The van der Waals surface area contributed by atoms with Crippen molar-refractivity contribution < 1.29 is 14.6 Å². The Morgan fingerprint density at radius 2 is 2.22 bits per heavy atom. The molecule has 0 aliphatic rings. The largest absolute Gasteiger partial charge is 0.481 e. The third kappa shape index (κ3) is 4.99. The van der Waals surface area contributed by atoms with Crippen LogP contribution in [0, 0.1) is 0 Å². The summed E-state index contributed by atoms with van der Waals surface area (Å²) in [5.41, 5.74) is 0. The number of aliphatic carboxylic acids is 1. The fraction of sp³-hybridized carbons (Fsp3) is 0.583. The van der Waals surface area contributed by atoms with Crippen molar-refractivity contribution in [3.05, 3.63) is 12.4 Å². The molecule has 1 heterocycles. The van der Waals surface area contributed by atoms with Gasteiger partial charge in [0.15, 0.2) is 5.82 Å². The van der Waals surface area contributed by atoms with Crippen molar-refractivity contribution in [1.82, 2.24) is 9.97 Å². The maximum atomic E-state index is 10.4. The van der Waals surface area contributed by atoms with Crippen molar-refractivity contribution in [1.29, 1.82) is 0 Å². The van der Waals surface area contributed by atoms with E-state index in [0.29, 0.717) is 24.7 Å². The predicted molar refractivity (Wildman–Crippen MR) is 67.9 cm³/mol. The molecular formula is C12H19N3O3. The molecule has 100 valence electrons. The molecule has 0 fully saturated rings. The second kappa shape index (κ2) is 6.78. The van der Waals surface area contributed by atoms with E-state index in [0.717, 1.165) is 0 Å². The minimum atomic E-state index is -0.786. The Labute approximate surface area is 107 Å². The number of carbonyl (C=O) groups is 1. The molecule has 0 saturated heterocycles. The van der Waals surface area contributed by atoms with Crippen LogP contribution < -0.4 is 9.64 Å². The zero-order valence-corrected chi connectivity index (χ0v) is 11.0. The minimum Gasteiger partial charge on any atom is -0.481 e. The van der Waals surface area contributed by atoms with Gasteiger partial charge in [-0.05, 0) is 20.3 Å². The lowest BCUT2D eigenvalue weighted by Crippen LogP contribution is -2.21. The van der Waals surface area contributed by atoms with E-state index in [1.807, 2.05) is 25.8 Å². The number of hydrogen-bond acceptors (Lipinski definition) is 5. The Hall–Kier alpha value is -1.85. The van der Waals surface area contributed by atoms with Crippen LogP contribution in [0.5, 0.6) is 5.88 Å². The highest BCUT2D eigenvalue weighted by Gasteiger charge is 2.07. The molecule has 0 bridgehead atoms. The van der Waals surface area contributed by atoms with Gasteiger partial charge in [-0.1, -0.05) is 0 Å². The Kier molecular flexibility index (Phi) is 5.35. The molecule has 1 aromatic heterocycles. The van der Waals surface area contributed by atoms with Gasteiger partial charge in [-0.2, -0.15) is 4.98 Å². The Morgan fingerprint density at radius 1 is 1.50 bits per heavy atom. The van der Waals surface area contributed by atoms with E-state index < -0.39 is 5.97 Å². The van der Waals surface area contributed by atoms with Crippen molar-refractivity contribution in [2.24, 2.45) is 0 Å². The fourth-order valence-corrected chi connectivity index (χ4v) is 1.40. The van der Waals surface area contributed by atoms with E-state index in [2.05, 4.69) is 9.97 Å². The monoisotopic (exact) mass is 253 g/mol. The summed E-state index contributed by atoms with van der Waals surface area (Å²) in [5.74, 6) is 0.373. The first-order valence-electron chi connectivity index (χ1n) is 5.90. The maximum Gasteiger partial charge on any atom is 0.303 e. The highest BCUT2D eigenvalue weighted by molar-refractivity contribution is 5.66. The summed E-state index contributed by atoms with van der Waals surface area (Å²) in [7, 11) is 1.85. The van der Waals surface area contributed by atoms with Crippen LogP contribution in [0.15, 0.2) is 12.4 Å². The average molecular weight is 253 g/mol. The zero-order chi connectivity index (χ0) is 13.5. The number of aromatic nitrogens is 2. The lowest BCUT2D eigenvalue weighted by molar-refractivity contribution is -0.137. The van der Waals surface area contributed by atoms with Gasteiger partial charge >= 0.3 is 5.97 Å². The smallest absolute Gasteiger partial charge is 0.303 e. The van der Waals surface area contributed by atoms with Crippen molar-refractivity contribution in [2.75, 3.05) is 18.5 Å². The molecule has 1 rings (SSSR count). The van der Waals surface area contributed by atoms with Gasteiger partial charge in [0, 0.05) is 20.0 Å². The normalized spacial score (nSPS) is 10.4. The molecule has 0 aliphatic heterocycles. The van der Waals surface area contributed by atoms with Crippen LogP contribution in [0.3, 0.4) is 0 Å². The summed E-state index contributed by atoms with van der Waals surface area (Å²) < 4.78 is 5.45. The second-order valence-corrected chi connectivity index (χ2v) is 4.30. The summed E-state index contributed by atoms with van der Waals surface area (Å²) in [6.07, 6.45) is 3.97. The van der Waals surface area contributed by atoms with Crippen LogP contribution in [-0.4, -0.2) is 40.7 Å². The third-order valence-corrected chi connectivity index (χ3v) is 2.23. The number of rotatable bonds is 7. The van der Waals surface area contributed by atoms with Crippen molar-refractivity contribution in [3.8, 4) is 5.88 Å². The Balaban J connectivity index is 2.56. The van der Waals surface area contributed by atoms with Gasteiger partial charge in [-0.25, -0.2) is 0 Å². The molecule has 1 aromatic rings. The number of carboxylic acids is 1. The molecule has 6 nitrogen and oxygen atoms in total. The van der Waals surface area contributed by atoms with Crippen LogP contribution in [0.2, 0.25) is 0 Å². The van der Waals surface area contributed by atoms with E-state index in [-0.39, 0.29) is 12.5 Å². The molecule has 0 aromatic carbocycles. The van der Waals surface area contributed by atoms with Gasteiger partial charge in [0.2, 0.25) is 5.88 Å². The lowest BCUT2D eigenvalue weighted by atomic mass is 10.3. The minimum absolute atomic E-state index is 0.0480. The molecule has 1 N–H and O–H groups in total. The van der Waals surface area contributed by atoms with E-state index in [1.165, 1.54) is 0 Å². The molecule has 0 radical (unpaired) electrons. The first kappa shape index (κ1) is 14.2. The first-order chi connectivity index (χ1) is 8.49. The second-order valence-electron chi connectivity index (χ2n) is 4.30. The van der Waals surface area contributed by atoms with Crippen molar-refractivity contribution >= 4 is 11.8 Å². The Bertz CT molecular complexity index is 396. The van der Waals surface area contributed by atoms with Crippen molar-refractivity contribution in [3.63, 3.8) is 0 Å². The average Bonchev–Trinajstić information content (AvgIpc) is 2.27. The molecule has 0 aliphatic carbocycles. The summed E-state index contributed by atoms with van der Waals surface area (Å²) in [4.78, 5) is 20.7. The predicted octanol–water partition coefficient (Wildman–Crippen LogP) is 1.56. The van der Waals surface area contributed by atoms with Gasteiger partial charge in [-0.3, -0.25) is 9.78 Å². The van der Waals surface area contributed by atoms with Crippen LogP contribution in [0.25, 0.3) is 0 Å². The van der Waals surface area contributed by atoms with E-state index in [1.54, 1.807) is 12.4 Å². The van der Waals surface area contributed by atoms with Gasteiger partial charge in [0.1, 0.15) is 0 Å². The quantitative estimate of drug-likeness (QED) is 0.794. The number of anilines is 1. The van der Waals surface area contributed by atoms with E-state index >= 15 is 0 Å². The fourth-order valence-electron chi connectivity index (χ4n) is 1.40. The molecule has 18 heavy (non-hydrogen) atoms. The molecule has 0 saturated carbocycles. The van der Waals surface area contributed by atoms with Gasteiger partial charge in [0.25, 0.3) is 0 Å². The molecule has 6 heteroatoms. The molecule has 0 spiro atoms. The number of ether oxygens (including phenoxy) is 1. The van der Waals surface area contributed by atoms with Gasteiger partial charge < -0.3 is 14.7 Å². The highest BCUT2D eigenvalue weighted by Crippen LogP contribution is 2.14. The molecular weight excluding hydrogens is 234 g/mol. The van der Waals surface area contributed by atoms with Gasteiger partial charge in [-0.15, -0.1) is 0 Å². The first-order valence-corrected chi connectivity index (χ1v) is 5.90. The molecule has 0 unspecified atom stereocenters. The van der Waals surface area contributed by atoms with Gasteiger partial charge in [0.05, 0.1) is 18.5 Å². The van der Waals surface area contributed by atoms with Crippen LogP contribution >= 0.6 is 0 Å². The zero-order valence-electron chi connectivity index (χ0n) is 11.0. The Morgan fingerprint density at radius 3 is 2.83 bits per heavy atom. The highest BCUT2D eigenvalue weighted by atomic mass is 16.5. The number of carboxylic acid groups (broad SMARTS) is 1. The molecule has 0 amide bonds. The van der Waals surface area contributed by atoms with Crippen LogP contribution in [0.1, 0.15) is 26.7 Å². The standard InChI is InChI=1S/C12H19N3O3/c1-9(2)18-11-8-13-7-10(14-11)15(3)6-4-5-12(16)17/h7-9H,4-6H2,1-3H3,(H,16,17).